The number of ether oxygens (including phenoxy) is 2. The van der Waals surface area contributed by atoms with Crippen molar-refractivity contribution in [3.05, 3.63) is 131 Å². The van der Waals surface area contributed by atoms with E-state index in [4.69, 9.17) is 9.47 Å². The molecule has 0 unspecified atom stereocenters. The first-order chi connectivity index (χ1) is 20.8. The molecule has 2 atom stereocenters. The second-order valence-corrected chi connectivity index (χ2v) is 11.7. The zero-order valence-electron chi connectivity index (χ0n) is 24.4. The van der Waals surface area contributed by atoms with E-state index in [9.17, 15) is 14.4 Å². The van der Waals surface area contributed by atoms with Crippen LogP contribution in [0, 0.1) is 13.8 Å². The minimum atomic E-state index is -1.11. The fourth-order valence-corrected chi connectivity index (χ4v) is 6.22. The lowest BCUT2D eigenvalue weighted by atomic mass is 10.0. The molecule has 0 N–H and O–H groups in total. The monoisotopic (exact) mass is 594 g/mol. The number of thioether (sulfide) groups is 1. The Morgan fingerprint density at radius 2 is 1.51 bits per heavy atom. The normalized spacial score (nSPS) is 16.2. The summed E-state index contributed by atoms with van der Waals surface area (Å²) in [7, 11) is 1.64. The summed E-state index contributed by atoms with van der Waals surface area (Å²) in [6.45, 7) is 4.56. The number of fused-ring (bicyclic) bond motifs is 1. The van der Waals surface area contributed by atoms with E-state index in [1.807, 2.05) is 92.7 Å². The maximum absolute atomic E-state index is 14.4. The summed E-state index contributed by atoms with van der Waals surface area (Å²) in [6, 6.07) is 32.0. The molecule has 2 amide bonds. The Kier molecular flexibility index (Phi) is 9.47. The molecule has 8 heteroatoms. The number of carbonyl (C=O) groups is 3. The smallest absolute Gasteiger partial charge is 0.409 e. The Morgan fingerprint density at radius 1 is 0.860 bits per heavy atom. The summed E-state index contributed by atoms with van der Waals surface area (Å²) in [4.78, 5) is 44.5. The molecular formula is C35H34N2O5S. The molecule has 0 aliphatic carbocycles. The van der Waals surface area contributed by atoms with Crippen LogP contribution in [0.15, 0.2) is 108 Å². The molecule has 4 aromatic carbocycles. The average Bonchev–Trinajstić information content (AvgIpc) is 3.13. The molecular weight excluding hydrogens is 560 g/mol. The number of carbonyl (C=O) groups excluding carboxylic acids is 3. The second-order valence-electron chi connectivity index (χ2n) is 10.6. The van der Waals surface area contributed by atoms with Crippen LogP contribution in [0.2, 0.25) is 0 Å². The minimum Gasteiger partial charge on any atom is -0.447 e. The van der Waals surface area contributed by atoms with E-state index in [0.717, 1.165) is 27.1 Å². The van der Waals surface area contributed by atoms with Gasteiger partial charge in [0.15, 0.2) is 6.10 Å². The van der Waals surface area contributed by atoms with Gasteiger partial charge in [0.2, 0.25) is 0 Å². The van der Waals surface area contributed by atoms with Crippen molar-refractivity contribution in [2.75, 3.05) is 25.0 Å². The summed E-state index contributed by atoms with van der Waals surface area (Å²) >= 11 is 1.51. The summed E-state index contributed by atoms with van der Waals surface area (Å²) in [5, 5.41) is -0.486. The highest BCUT2D eigenvalue weighted by atomic mass is 32.2. The second kappa shape index (κ2) is 13.6. The van der Waals surface area contributed by atoms with Gasteiger partial charge in [-0.2, -0.15) is 0 Å². The van der Waals surface area contributed by atoms with Gasteiger partial charge < -0.3 is 19.3 Å². The molecule has 1 aliphatic rings. The SMILES string of the molecule is Cc1ccc([C@H]2Sc3cc(C)ccc3N(CCN(C)C(=O)OCc3ccccc3)C(=O)[C@H]2OC(=O)c2ccccc2)cc1. The van der Waals surface area contributed by atoms with Crippen molar-refractivity contribution in [1.82, 2.24) is 4.90 Å². The van der Waals surface area contributed by atoms with Crippen molar-refractivity contribution in [1.29, 1.82) is 0 Å². The molecule has 1 heterocycles. The molecule has 220 valence electrons. The molecule has 5 rings (SSSR count). The van der Waals surface area contributed by atoms with E-state index in [2.05, 4.69) is 0 Å². The van der Waals surface area contributed by atoms with Crippen molar-refractivity contribution in [3.63, 3.8) is 0 Å². The van der Waals surface area contributed by atoms with Gasteiger partial charge in [-0.3, -0.25) is 4.79 Å². The number of anilines is 1. The number of hydrogen-bond acceptors (Lipinski definition) is 6. The van der Waals surface area contributed by atoms with E-state index in [1.54, 1.807) is 36.2 Å². The number of amides is 2. The lowest BCUT2D eigenvalue weighted by Gasteiger charge is -2.29. The molecule has 4 aromatic rings. The van der Waals surface area contributed by atoms with Crippen molar-refractivity contribution >= 4 is 35.4 Å². The van der Waals surface area contributed by atoms with Gasteiger partial charge in [-0.1, -0.05) is 84.4 Å². The molecule has 43 heavy (non-hydrogen) atoms. The van der Waals surface area contributed by atoms with Crippen molar-refractivity contribution in [2.45, 2.75) is 36.7 Å². The minimum absolute atomic E-state index is 0.154. The van der Waals surface area contributed by atoms with E-state index in [-0.39, 0.29) is 25.6 Å². The maximum Gasteiger partial charge on any atom is 0.409 e. The van der Waals surface area contributed by atoms with Gasteiger partial charge in [-0.05, 0) is 54.8 Å². The average molecular weight is 595 g/mol. The van der Waals surface area contributed by atoms with Crippen molar-refractivity contribution in [2.24, 2.45) is 0 Å². The van der Waals surface area contributed by atoms with Gasteiger partial charge in [-0.25, -0.2) is 9.59 Å². The van der Waals surface area contributed by atoms with Gasteiger partial charge in [-0.15, -0.1) is 11.8 Å². The number of nitrogens with zero attached hydrogens (tertiary/aromatic N) is 2. The van der Waals surface area contributed by atoms with E-state index < -0.39 is 23.4 Å². The predicted octanol–water partition coefficient (Wildman–Crippen LogP) is 6.98. The van der Waals surface area contributed by atoms with Crippen molar-refractivity contribution in [3.8, 4) is 0 Å². The molecule has 0 aromatic heterocycles. The van der Waals surface area contributed by atoms with Crippen LogP contribution in [-0.4, -0.2) is 49.1 Å². The maximum atomic E-state index is 14.4. The first-order valence-corrected chi connectivity index (χ1v) is 15.0. The van der Waals surface area contributed by atoms with Gasteiger partial charge in [0, 0.05) is 25.0 Å². The van der Waals surface area contributed by atoms with Crippen LogP contribution in [0.5, 0.6) is 0 Å². The first-order valence-electron chi connectivity index (χ1n) is 14.1. The van der Waals surface area contributed by atoms with Crippen LogP contribution in [0.4, 0.5) is 10.5 Å². The highest BCUT2D eigenvalue weighted by molar-refractivity contribution is 7.99. The Hall–Kier alpha value is -4.56. The van der Waals surface area contributed by atoms with Crippen LogP contribution < -0.4 is 4.90 Å². The fourth-order valence-electron chi connectivity index (χ4n) is 4.81. The highest BCUT2D eigenvalue weighted by Gasteiger charge is 2.41. The number of likely N-dealkylation sites (N-methyl/N-ethyl adjacent to an activating group) is 1. The topological polar surface area (TPSA) is 76.2 Å². The Morgan fingerprint density at radius 3 is 2.21 bits per heavy atom. The number of rotatable bonds is 8. The summed E-state index contributed by atoms with van der Waals surface area (Å²) < 4.78 is 11.5. The molecule has 0 fully saturated rings. The third kappa shape index (κ3) is 7.27. The number of benzene rings is 4. The largest absolute Gasteiger partial charge is 0.447 e. The summed E-state index contributed by atoms with van der Waals surface area (Å²) in [5.74, 6) is -0.920. The van der Waals surface area contributed by atoms with Crippen molar-refractivity contribution < 1.29 is 23.9 Å². The third-order valence-electron chi connectivity index (χ3n) is 7.27. The summed E-state index contributed by atoms with van der Waals surface area (Å²) in [5.41, 5.74) is 4.98. The van der Waals surface area contributed by atoms with Gasteiger partial charge >= 0.3 is 12.1 Å². The van der Waals surface area contributed by atoms with Gasteiger partial charge in [0.1, 0.15) is 6.61 Å². The number of hydrogen-bond donors (Lipinski definition) is 0. The van der Waals surface area contributed by atoms with Gasteiger partial charge in [0.05, 0.1) is 16.5 Å². The first kappa shape index (κ1) is 29.9. The highest BCUT2D eigenvalue weighted by Crippen LogP contribution is 2.47. The van der Waals surface area contributed by atoms with E-state index in [0.29, 0.717) is 11.3 Å². The Balaban J connectivity index is 1.43. The Labute approximate surface area is 256 Å². The number of aryl methyl sites for hydroxylation is 2. The molecule has 0 bridgehead atoms. The summed E-state index contributed by atoms with van der Waals surface area (Å²) in [6.07, 6.45) is -1.60. The van der Waals surface area contributed by atoms with Crippen LogP contribution in [0.1, 0.15) is 37.9 Å². The quantitative estimate of drug-likeness (QED) is 0.205. The van der Waals surface area contributed by atoms with Crippen LogP contribution >= 0.6 is 11.8 Å². The fraction of sp³-hybridized carbons (Fsp3) is 0.229. The van der Waals surface area contributed by atoms with Crippen LogP contribution in [0.3, 0.4) is 0 Å². The molecule has 1 aliphatic heterocycles. The standard InChI is InChI=1S/C35H34N2O5S/c1-24-14-17-27(18-15-24)32-31(42-34(39)28-12-8-5-9-13-28)33(38)37(29-19-16-25(2)22-30(29)43-32)21-20-36(3)35(40)41-23-26-10-6-4-7-11-26/h4-19,22,31-32H,20-21,23H2,1-3H3/t31-,32+/m0/s1. The van der Waals surface area contributed by atoms with Gasteiger partial charge in [0.25, 0.3) is 5.91 Å². The van der Waals surface area contributed by atoms with Crippen LogP contribution in [0.25, 0.3) is 0 Å². The molecule has 0 radical (unpaired) electrons. The lowest BCUT2D eigenvalue weighted by molar-refractivity contribution is -0.127. The molecule has 7 nitrogen and oxygen atoms in total. The number of esters is 1. The predicted molar refractivity (Wildman–Crippen MR) is 168 cm³/mol. The zero-order chi connectivity index (χ0) is 30.3. The molecule has 0 spiro atoms. The zero-order valence-corrected chi connectivity index (χ0v) is 25.3. The molecule has 0 saturated heterocycles. The van der Waals surface area contributed by atoms with Crippen LogP contribution in [-0.2, 0) is 20.9 Å². The third-order valence-corrected chi connectivity index (χ3v) is 8.62. The molecule has 0 saturated carbocycles. The Bertz CT molecular complexity index is 1580. The lowest BCUT2D eigenvalue weighted by Crippen LogP contribution is -2.46. The van der Waals surface area contributed by atoms with E-state index in [1.165, 1.54) is 16.7 Å². The van der Waals surface area contributed by atoms with E-state index >= 15 is 0 Å².